The van der Waals surface area contributed by atoms with Crippen molar-refractivity contribution in [2.75, 3.05) is 32.9 Å². The maximum Gasteiger partial charge on any atom is 0.134 e. The lowest BCUT2D eigenvalue weighted by molar-refractivity contribution is 0.142. The van der Waals surface area contributed by atoms with Crippen LogP contribution in [-0.4, -0.2) is 42.9 Å². The summed E-state index contributed by atoms with van der Waals surface area (Å²) in [5, 5.41) is 12.7. The highest BCUT2D eigenvalue weighted by Crippen LogP contribution is 2.32. The minimum Gasteiger partial charge on any atom is -0.507 e. The molecule has 1 aromatic carbocycles. The van der Waals surface area contributed by atoms with Crippen molar-refractivity contribution in [2.24, 2.45) is 0 Å². The number of hydrogen-bond acceptors (Lipinski definition) is 3. The summed E-state index contributed by atoms with van der Waals surface area (Å²) in [6.07, 6.45) is 0. The molecule has 0 spiro atoms. The van der Waals surface area contributed by atoms with Gasteiger partial charge in [-0.1, -0.05) is 0 Å². The number of rotatable bonds is 3. The highest BCUT2D eigenvalue weighted by atomic mass is 35.5. The SMILES string of the molecule is Cl.Cl.Oc1cc(F)cc(F)c1[C@H](CF)N1CCNCC1. The van der Waals surface area contributed by atoms with E-state index in [1.54, 1.807) is 4.90 Å². The van der Waals surface area contributed by atoms with Crippen molar-refractivity contribution in [3.05, 3.63) is 29.3 Å². The number of nitrogens with one attached hydrogen (secondary N) is 1. The summed E-state index contributed by atoms with van der Waals surface area (Å²) in [5.41, 5.74) is -0.166. The van der Waals surface area contributed by atoms with Crippen molar-refractivity contribution in [1.29, 1.82) is 0 Å². The van der Waals surface area contributed by atoms with Gasteiger partial charge in [-0.25, -0.2) is 13.2 Å². The van der Waals surface area contributed by atoms with E-state index in [1.807, 2.05) is 0 Å². The number of alkyl halides is 1. The Morgan fingerprint density at radius 3 is 2.30 bits per heavy atom. The van der Waals surface area contributed by atoms with Crippen LogP contribution in [0, 0.1) is 11.6 Å². The summed E-state index contributed by atoms with van der Waals surface area (Å²) in [4.78, 5) is 1.74. The van der Waals surface area contributed by atoms with Gasteiger partial charge in [0.15, 0.2) is 0 Å². The highest BCUT2D eigenvalue weighted by Gasteiger charge is 2.27. The van der Waals surface area contributed by atoms with E-state index in [1.165, 1.54) is 0 Å². The first kappa shape index (κ1) is 19.3. The number of benzene rings is 1. The van der Waals surface area contributed by atoms with Crippen LogP contribution in [0.1, 0.15) is 11.6 Å². The monoisotopic (exact) mass is 332 g/mol. The minimum absolute atomic E-state index is 0. The topological polar surface area (TPSA) is 35.5 Å². The Labute approximate surface area is 128 Å². The van der Waals surface area contributed by atoms with Crippen molar-refractivity contribution in [3.63, 3.8) is 0 Å². The van der Waals surface area contributed by atoms with Crippen LogP contribution >= 0.6 is 24.8 Å². The zero-order chi connectivity index (χ0) is 13.1. The van der Waals surface area contributed by atoms with E-state index in [0.29, 0.717) is 32.2 Å². The molecule has 0 unspecified atom stereocenters. The van der Waals surface area contributed by atoms with Crippen molar-refractivity contribution >= 4 is 24.8 Å². The zero-order valence-electron chi connectivity index (χ0n) is 10.6. The second kappa shape index (κ2) is 8.56. The molecule has 0 aliphatic carbocycles. The molecule has 0 radical (unpaired) electrons. The number of hydrogen-bond donors (Lipinski definition) is 2. The molecular weight excluding hydrogens is 316 g/mol. The third-order valence-electron chi connectivity index (χ3n) is 3.14. The third kappa shape index (κ3) is 4.15. The molecule has 1 heterocycles. The zero-order valence-corrected chi connectivity index (χ0v) is 12.2. The summed E-state index contributed by atoms with van der Waals surface area (Å²) in [6, 6.07) is 0.608. The van der Waals surface area contributed by atoms with E-state index < -0.39 is 30.1 Å². The molecule has 1 aliphatic rings. The summed E-state index contributed by atoms with van der Waals surface area (Å²) >= 11 is 0. The Balaban J connectivity index is 0.00000180. The molecule has 1 atom stereocenters. The fourth-order valence-corrected chi connectivity index (χ4v) is 2.25. The van der Waals surface area contributed by atoms with E-state index >= 15 is 0 Å². The number of piperazine rings is 1. The maximum atomic E-state index is 13.7. The lowest BCUT2D eigenvalue weighted by Gasteiger charge is -2.34. The van der Waals surface area contributed by atoms with Gasteiger partial charge in [0.1, 0.15) is 24.1 Å². The van der Waals surface area contributed by atoms with Gasteiger partial charge in [-0.15, -0.1) is 24.8 Å². The lowest BCUT2D eigenvalue weighted by atomic mass is 10.0. The van der Waals surface area contributed by atoms with Crippen LogP contribution in [0.15, 0.2) is 12.1 Å². The van der Waals surface area contributed by atoms with Crippen LogP contribution in [-0.2, 0) is 0 Å². The van der Waals surface area contributed by atoms with Gasteiger partial charge in [-0.3, -0.25) is 4.90 Å². The molecule has 0 amide bonds. The Hall–Kier alpha value is -0.690. The first-order valence-electron chi connectivity index (χ1n) is 5.82. The standard InChI is InChI=1S/C12H15F3N2O.2ClH/c13-7-10(17-3-1-16-2-4-17)12-9(15)5-8(14)6-11(12)18;;/h5-6,10,16,18H,1-4,7H2;2*1H/t10-;;/m0../s1. The second-order valence-corrected chi connectivity index (χ2v) is 4.28. The normalized spacial score (nSPS) is 16.9. The molecule has 20 heavy (non-hydrogen) atoms. The van der Waals surface area contributed by atoms with Crippen LogP contribution < -0.4 is 5.32 Å². The number of aromatic hydroxyl groups is 1. The molecule has 0 aromatic heterocycles. The van der Waals surface area contributed by atoms with E-state index in [2.05, 4.69) is 5.32 Å². The van der Waals surface area contributed by atoms with Crippen LogP contribution in [0.2, 0.25) is 0 Å². The van der Waals surface area contributed by atoms with Crippen molar-refractivity contribution in [2.45, 2.75) is 6.04 Å². The molecule has 3 nitrogen and oxygen atoms in total. The van der Waals surface area contributed by atoms with E-state index in [4.69, 9.17) is 0 Å². The van der Waals surface area contributed by atoms with E-state index in [9.17, 15) is 18.3 Å². The van der Waals surface area contributed by atoms with Gasteiger partial charge in [0, 0.05) is 43.9 Å². The van der Waals surface area contributed by atoms with Gasteiger partial charge in [-0.2, -0.15) is 0 Å². The smallest absolute Gasteiger partial charge is 0.134 e. The van der Waals surface area contributed by atoms with Crippen LogP contribution in [0.5, 0.6) is 5.75 Å². The quantitative estimate of drug-likeness (QED) is 0.892. The van der Waals surface area contributed by atoms with E-state index in [0.717, 1.165) is 6.07 Å². The maximum absolute atomic E-state index is 13.7. The summed E-state index contributed by atoms with van der Waals surface area (Å²) < 4.78 is 39.7. The molecule has 1 fully saturated rings. The van der Waals surface area contributed by atoms with Gasteiger partial charge in [0.05, 0.1) is 6.04 Å². The third-order valence-corrected chi connectivity index (χ3v) is 3.14. The molecular formula is C12H17Cl2F3N2O. The first-order chi connectivity index (χ1) is 8.63. The average Bonchev–Trinajstić information content (AvgIpc) is 2.34. The second-order valence-electron chi connectivity index (χ2n) is 4.28. The van der Waals surface area contributed by atoms with Crippen LogP contribution in [0.3, 0.4) is 0 Å². The van der Waals surface area contributed by atoms with Crippen molar-refractivity contribution in [3.8, 4) is 5.75 Å². The lowest BCUT2D eigenvalue weighted by Crippen LogP contribution is -2.45. The van der Waals surface area contributed by atoms with Gasteiger partial charge in [0.25, 0.3) is 0 Å². The van der Waals surface area contributed by atoms with Crippen LogP contribution in [0.25, 0.3) is 0 Å². The average molecular weight is 333 g/mol. The summed E-state index contributed by atoms with van der Waals surface area (Å²) in [6.45, 7) is 1.66. The molecule has 0 saturated carbocycles. The van der Waals surface area contributed by atoms with Crippen LogP contribution in [0.4, 0.5) is 13.2 Å². The van der Waals surface area contributed by atoms with Gasteiger partial charge in [-0.05, 0) is 0 Å². The molecule has 116 valence electrons. The number of nitrogens with zero attached hydrogens (tertiary/aromatic N) is 1. The molecule has 1 aliphatic heterocycles. The Kier molecular flexibility index (Phi) is 8.27. The number of halogens is 5. The van der Waals surface area contributed by atoms with Crippen molar-refractivity contribution in [1.82, 2.24) is 10.2 Å². The van der Waals surface area contributed by atoms with Gasteiger partial charge < -0.3 is 10.4 Å². The van der Waals surface area contributed by atoms with Gasteiger partial charge in [0.2, 0.25) is 0 Å². The number of phenols is 1. The van der Waals surface area contributed by atoms with E-state index in [-0.39, 0.29) is 30.4 Å². The largest absolute Gasteiger partial charge is 0.507 e. The summed E-state index contributed by atoms with van der Waals surface area (Å²) in [7, 11) is 0. The fourth-order valence-electron chi connectivity index (χ4n) is 2.25. The molecule has 2 N–H and O–H groups in total. The molecule has 2 rings (SSSR count). The number of phenolic OH excluding ortho intramolecular Hbond substituents is 1. The Morgan fingerprint density at radius 1 is 1.20 bits per heavy atom. The van der Waals surface area contributed by atoms with Crippen molar-refractivity contribution < 1.29 is 18.3 Å². The fraction of sp³-hybridized carbons (Fsp3) is 0.500. The Morgan fingerprint density at radius 2 is 1.80 bits per heavy atom. The molecule has 0 bridgehead atoms. The molecule has 8 heteroatoms. The Bertz CT molecular complexity index is 408. The predicted octanol–water partition coefficient (Wildman–Crippen LogP) is 2.43. The molecule has 1 aromatic rings. The predicted molar refractivity (Wildman–Crippen MR) is 75.7 cm³/mol. The highest BCUT2D eigenvalue weighted by molar-refractivity contribution is 5.85. The first-order valence-corrected chi connectivity index (χ1v) is 5.82. The van der Waals surface area contributed by atoms with Gasteiger partial charge >= 0.3 is 0 Å². The summed E-state index contributed by atoms with van der Waals surface area (Å²) in [5.74, 6) is -2.31. The molecule has 1 saturated heterocycles. The minimum atomic E-state index is -0.909.